The zero-order valence-electron chi connectivity index (χ0n) is 13.5. The van der Waals surface area contributed by atoms with Gasteiger partial charge in [-0.2, -0.15) is 0 Å². The van der Waals surface area contributed by atoms with Gasteiger partial charge in [0.05, 0.1) is 17.7 Å². The first kappa shape index (κ1) is 15.1. The van der Waals surface area contributed by atoms with Crippen LogP contribution in [0.5, 0.6) is 0 Å². The zero-order chi connectivity index (χ0) is 17.4. The van der Waals surface area contributed by atoms with Crippen LogP contribution in [0.1, 0.15) is 16.1 Å². The summed E-state index contributed by atoms with van der Waals surface area (Å²) in [7, 11) is 0. The number of H-pyrrole nitrogens is 1. The number of aromatic nitrogens is 3. The van der Waals surface area contributed by atoms with Gasteiger partial charge in [0.1, 0.15) is 11.5 Å². The molecule has 0 saturated heterocycles. The highest BCUT2D eigenvalue weighted by Crippen LogP contribution is 2.23. The van der Waals surface area contributed by atoms with E-state index in [2.05, 4.69) is 15.3 Å². The van der Waals surface area contributed by atoms with E-state index in [9.17, 15) is 9.18 Å². The van der Waals surface area contributed by atoms with Crippen molar-refractivity contribution in [2.45, 2.75) is 6.92 Å². The van der Waals surface area contributed by atoms with Crippen molar-refractivity contribution in [3.63, 3.8) is 0 Å². The standard InChI is InChI=1S/C19H15FN4O/c1-12-8-13(20)9-16-14(12)10-17(22-16)19(25)23-15-4-2-3-5-18(15)24-7-6-21-11-24/h2-11,22H,1H3,(H,23,25). The molecular weight excluding hydrogens is 319 g/mol. The molecule has 0 saturated carbocycles. The zero-order valence-corrected chi connectivity index (χ0v) is 13.5. The normalized spacial score (nSPS) is 11.0. The molecule has 1 amide bonds. The summed E-state index contributed by atoms with van der Waals surface area (Å²) in [6.07, 6.45) is 5.15. The molecule has 2 aromatic carbocycles. The van der Waals surface area contributed by atoms with Crippen LogP contribution in [-0.2, 0) is 0 Å². The molecule has 0 unspecified atom stereocenters. The van der Waals surface area contributed by atoms with Gasteiger partial charge in [-0.1, -0.05) is 12.1 Å². The molecule has 4 aromatic rings. The molecule has 0 bridgehead atoms. The maximum atomic E-state index is 13.5. The summed E-state index contributed by atoms with van der Waals surface area (Å²) < 4.78 is 15.4. The fourth-order valence-electron chi connectivity index (χ4n) is 2.89. The van der Waals surface area contributed by atoms with Crippen LogP contribution in [-0.4, -0.2) is 20.4 Å². The topological polar surface area (TPSA) is 62.7 Å². The van der Waals surface area contributed by atoms with Gasteiger partial charge in [-0.25, -0.2) is 9.37 Å². The molecule has 2 aromatic heterocycles. The molecule has 0 spiro atoms. The average molecular weight is 334 g/mol. The molecule has 5 nitrogen and oxygen atoms in total. The summed E-state index contributed by atoms with van der Waals surface area (Å²) in [4.78, 5) is 19.7. The number of carbonyl (C=O) groups is 1. The van der Waals surface area contributed by atoms with E-state index in [1.54, 1.807) is 24.8 Å². The Bertz CT molecular complexity index is 1070. The fourth-order valence-corrected chi connectivity index (χ4v) is 2.89. The van der Waals surface area contributed by atoms with Crippen molar-refractivity contribution in [1.29, 1.82) is 0 Å². The molecule has 124 valence electrons. The number of fused-ring (bicyclic) bond motifs is 1. The number of benzene rings is 2. The maximum Gasteiger partial charge on any atom is 0.272 e. The van der Waals surface area contributed by atoms with Gasteiger partial charge >= 0.3 is 0 Å². The summed E-state index contributed by atoms with van der Waals surface area (Å²) in [5, 5.41) is 3.73. The molecule has 0 aliphatic heterocycles. The van der Waals surface area contributed by atoms with Gasteiger partial charge in [0.15, 0.2) is 0 Å². The number of hydrogen-bond acceptors (Lipinski definition) is 2. The van der Waals surface area contributed by atoms with E-state index in [0.717, 1.165) is 16.6 Å². The number of rotatable bonds is 3. The van der Waals surface area contributed by atoms with Gasteiger partial charge in [-0.3, -0.25) is 4.79 Å². The Morgan fingerprint density at radius 3 is 2.88 bits per heavy atom. The fraction of sp³-hybridized carbons (Fsp3) is 0.0526. The van der Waals surface area contributed by atoms with E-state index in [-0.39, 0.29) is 11.7 Å². The van der Waals surface area contributed by atoms with Crippen LogP contribution >= 0.6 is 0 Å². The quantitative estimate of drug-likeness (QED) is 0.593. The molecule has 4 rings (SSSR count). The minimum atomic E-state index is -0.329. The third-order valence-corrected chi connectivity index (χ3v) is 4.09. The van der Waals surface area contributed by atoms with E-state index < -0.39 is 0 Å². The van der Waals surface area contributed by atoms with Crippen LogP contribution in [0.15, 0.2) is 61.2 Å². The Morgan fingerprint density at radius 2 is 2.08 bits per heavy atom. The molecular formula is C19H15FN4O. The van der Waals surface area contributed by atoms with Gasteiger partial charge in [-0.05, 0) is 42.8 Å². The lowest BCUT2D eigenvalue weighted by Gasteiger charge is -2.10. The minimum Gasteiger partial charge on any atom is -0.350 e. The predicted molar refractivity (Wildman–Crippen MR) is 94.5 cm³/mol. The van der Waals surface area contributed by atoms with Crippen LogP contribution < -0.4 is 5.32 Å². The number of para-hydroxylation sites is 2. The van der Waals surface area contributed by atoms with Crippen molar-refractivity contribution >= 4 is 22.5 Å². The summed E-state index contributed by atoms with van der Waals surface area (Å²) in [6, 6.07) is 12.0. The molecule has 2 N–H and O–H groups in total. The Balaban J connectivity index is 1.69. The monoisotopic (exact) mass is 334 g/mol. The first-order valence-corrected chi connectivity index (χ1v) is 7.79. The molecule has 0 atom stereocenters. The smallest absolute Gasteiger partial charge is 0.272 e. The van der Waals surface area contributed by atoms with Gasteiger partial charge in [0.25, 0.3) is 5.91 Å². The Hall–Kier alpha value is -3.41. The van der Waals surface area contributed by atoms with Crippen molar-refractivity contribution in [3.05, 3.63) is 78.3 Å². The highest BCUT2D eigenvalue weighted by atomic mass is 19.1. The number of anilines is 1. The molecule has 0 fully saturated rings. The van der Waals surface area contributed by atoms with E-state index in [1.165, 1.54) is 12.1 Å². The largest absolute Gasteiger partial charge is 0.350 e. The highest BCUT2D eigenvalue weighted by Gasteiger charge is 2.14. The lowest BCUT2D eigenvalue weighted by molar-refractivity contribution is 0.102. The third kappa shape index (κ3) is 2.78. The van der Waals surface area contributed by atoms with Crippen molar-refractivity contribution in [1.82, 2.24) is 14.5 Å². The van der Waals surface area contributed by atoms with Crippen molar-refractivity contribution < 1.29 is 9.18 Å². The summed E-state index contributed by atoms with van der Waals surface area (Å²) in [6.45, 7) is 1.81. The van der Waals surface area contributed by atoms with Crippen molar-refractivity contribution in [2.75, 3.05) is 5.32 Å². The maximum absolute atomic E-state index is 13.5. The van der Waals surface area contributed by atoms with Crippen LogP contribution in [0.4, 0.5) is 10.1 Å². The second-order valence-electron chi connectivity index (χ2n) is 5.81. The second-order valence-corrected chi connectivity index (χ2v) is 5.81. The van der Waals surface area contributed by atoms with E-state index >= 15 is 0 Å². The summed E-state index contributed by atoms with van der Waals surface area (Å²) in [5.74, 6) is -0.618. The molecule has 25 heavy (non-hydrogen) atoms. The number of hydrogen-bond donors (Lipinski definition) is 2. The molecule has 2 heterocycles. The number of imidazole rings is 1. The SMILES string of the molecule is Cc1cc(F)cc2[nH]c(C(=O)Nc3ccccc3-n3ccnc3)cc12. The van der Waals surface area contributed by atoms with Gasteiger partial charge < -0.3 is 14.9 Å². The number of aryl methyl sites for hydroxylation is 1. The molecule has 0 aliphatic carbocycles. The molecule has 0 aliphatic rings. The van der Waals surface area contributed by atoms with Gasteiger partial charge in [0.2, 0.25) is 0 Å². The Morgan fingerprint density at radius 1 is 1.24 bits per heavy atom. The minimum absolute atomic E-state index is 0.288. The average Bonchev–Trinajstić information content (AvgIpc) is 3.24. The Labute approximate surface area is 143 Å². The number of carbonyl (C=O) groups excluding carboxylic acids is 1. The first-order valence-electron chi connectivity index (χ1n) is 7.79. The number of nitrogens with zero attached hydrogens (tertiary/aromatic N) is 2. The van der Waals surface area contributed by atoms with E-state index in [0.29, 0.717) is 16.9 Å². The number of nitrogens with one attached hydrogen (secondary N) is 2. The summed E-state index contributed by atoms with van der Waals surface area (Å²) >= 11 is 0. The van der Waals surface area contributed by atoms with Gasteiger partial charge in [-0.15, -0.1) is 0 Å². The van der Waals surface area contributed by atoms with Crippen LogP contribution in [0.2, 0.25) is 0 Å². The number of amides is 1. The number of aromatic amines is 1. The second kappa shape index (κ2) is 5.90. The Kier molecular flexibility index (Phi) is 3.57. The van der Waals surface area contributed by atoms with Crippen molar-refractivity contribution in [2.24, 2.45) is 0 Å². The van der Waals surface area contributed by atoms with E-state index in [4.69, 9.17) is 0 Å². The molecule has 6 heteroatoms. The lowest BCUT2D eigenvalue weighted by atomic mass is 10.1. The lowest BCUT2D eigenvalue weighted by Crippen LogP contribution is -2.13. The van der Waals surface area contributed by atoms with Crippen LogP contribution in [0.3, 0.4) is 0 Å². The van der Waals surface area contributed by atoms with Crippen molar-refractivity contribution in [3.8, 4) is 5.69 Å². The highest BCUT2D eigenvalue weighted by molar-refractivity contribution is 6.07. The predicted octanol–water partition coefficient (Wildman–Crippen LogP) is 4.05. The van der Waals surface area contributed by atoms with Gasteiger partial charge in [0, 0.05) is 23.3 Å². The third-order valence-electron chi connectivity index (χ3n) is 4.09. The van der Waals surface area contributed by atoms with E-state index in [1.807, 2.05) is 35.8 Å². The van der Waals surface area contributed by atoms with Crippen LogP contribution in [0, 0.1) is 12.7 Å². The van der Waals surface area contributed by atoms with Crippen LogP contribution in [0.25, 0.3) is 16.6 Å². The first-order chi connectivity index (χ1) is 12.1. The number of halogens is 1. The summed E-state index contributed by atoms with van der Waals surface area (Å²) in [5.41, 5.74) is 3.23. The molecule has 0 radical (unpaired) electrons.